The molecular weight excluding hydrogens is 244 g/mol. The van der Waals surface area contributed by atoms with Crippen LogP contribution in [0.2, 0.25) is 0 Å². The summed E-state index contributed by atoms with van der Waals surface area (Å²) in [5.74, 6) is -1.22. The number of hydrogen-bond acceptors (Lipinski definition) is 2. The van der Waals surface area contributed by atoms with Crippen LogP contribution in [0, 0.1) is 5.92 Å². The molecule has 0 unspecified atom stereocenters. The number of amides is 2. The van der Waals surface area contributed by atoms with Crippen LogP contribution in [-0.2, 0) is 4.79 Å². The predicted octanol–water partition coefficient (Wildman–Crippen LogP) is 2.46. The first-order valence-electron chi connectivity index (χ1n) is 7.28. The van der Waals surface area contributed by atoms with Crippen LogP contribution in [0.1, 0.15) is 52.9 Å². The predicted molar refractivity (Wildman–Crippen MR) is 74.1 cm³/mol. The number of rotatable bonds is 5. The monoisotopic (exact) mass is 270 g/mol. The molecule has 2 amide bonds. The Bertz CT molecular complexity index is 318. The van der Waals surface area contributed by atoms with Crippen molar-refractivity contribution in [3.8, 4) is 0 Å². The summed E-state index contributed by atoms with van der Waals surface area (Å²) < 4.78 is 0. The minimum absolute atomic E-state index is 0.114. The molecule has 0 aliphatic carbocycles. The third-order valence-electron chi connectivity index (χ3n) is 4.46. The minimum Gasteiger partial charge on any atom is -0.481 e. The summed E-state index contributed by atoms with van der Waals surface area (Å²) in [7, 11) is 0. The van der Waals surface area contributed by atoms with Crippen molar-refractivity contribution in [3.05, 3.63) is 0 Å². The number of carbonyl (C=O) groups excluding carboxylic acids is 1. The topological polar surface area (TPSA) is 69.6 Å². The summed E-state index contributed by atoms with van der Waals surface area (Å²) in [6.07, 6.45) is 4.10. The van der Waals surface area contributed by atoms with Crippen molar-refractivity contribution >= 4 is 12.0 Å². The molecule has 0 saturated carbocycles. The maximum absolute atomic E-state index is 12.3. The van der Waals surface area contributed by atoms with Gasteiger partial charge in [-0.2, -0.15) is 0 Å². The van der Waals surface area contributed by atoms with Gasteiger partial charge < -0.3 is 15.3 Å². The largest absolute Gasteiger partial charge is 0.481 e. The summed E-state index contributed by atoms with van der Waals surface area (Å²) >= 11 is 0. The summed E-state index contributed by atoms with van der Waals surface area (Å²) in [5, 5.41) is 12.2. The molecule has 1 aliphatic heterocycles. The third kappa shape index (κ3) is 3.85. The standard InChI is InChI=1S/C14H26N2O3/c1-4-14(5-2,6-3)15-13(19)16-9-7-8-11(10-16)12(17)18/h11H,4-10H2,1-3H3,(H,15,19)(H,17,18)/t11-/m1/s1. The van der Waals surface area contributed by atoms with Gasteiger partial charge in [0.25, 0.3) is 0 Å². The van der Waals surface area contributed by atoms with Crippen molar-refractivity contribution in [2.75, 3.05) is 13.1 Å². The van der Waals surface area contributed by atoms with E-state index in [2.05, 4.69) is 26.1 Å². The first-order chi connectivity index (χ1) is 8.98. The maximum atomic E-state index is 12.3. The Labute approximate surface area is 115 Å². The van der Waals surface area contributed by atoms with E-state index < -0.39 is 11.9 Å². The van der Waals surface area contributed by atoms with Crippen molar-refractivity contribution < 1.29 is 14.7 Å². The molecule has 2 N–H and O–H groups in total. The zero-order chi connectivity index (χ0) is 14.5. The molecule has 1 rings (SSSR count). The first-order valence-corrected chi connectivity index (χ1v) is 7.28. The summed E-state index contributed by atoms with van der Waals surface area (Å²) in [6.45, 7) is 7.20. The second-order valence-electron chi connectivity index (χ2n) is 5.39. The summed E-state index contributed by atoms with van der Waals surface area (Å²) in [6, 6.07) is -0.114. The van der Waals surface area contributed by atoms with Gasteiger partial charge >= 0.3 is 12.0 Å². The van der Waals surface area contributed by atoms with Crippen molar-refractivity contribution in [2.24, 2.45) is 5.92 Å². The number of urea groups is 1. The van der Waals surface area contributed by atoms with E-state index in [4.69, 9.17) is 5.11 Å². The molecule has 0 radical (unpaired) electrons. The number of nitrogens with one attached hydrogen (secondary N) is 1. The lowest BCUT2D eigenvalue weighted by atomic mass is 9.90. The zero-order valence-electron chi connectivity index (χ0n) is 12.2. The number of nitrogens with zero attached hydrogens (tertiary/aromatic N) is 1. The fraction of sp³-hybridized carbons (Fsp3) is 0.857. The molecule has 19 heavy (non-hydrogen) atoms. The molecule has 5 heteroatoms. The van der Waals surface area contributed by atoms with Gasteiger partial charge in [-0.15, -0.1) is 0 Å². The molecule has 0 spiro atoms. The van der Waals surface area contributed by atoms with Crippen LogP contribution in [0.25, 0.3) is 0 Å². The molecule has 1 heterocycles. The molecule has 0 aromatic carbocycles. The first kappa shape index (κ1) is 15.8. The number of carbonyl (C=O) groups is 2. The SMILES string of the molecule is CCC(CC)(CC)NC(=O)N1CCC[C@@H](C(=O)O)C1. The van der Waals surface area contributed by atoms with E-state index in [-0.39, 0.29) is 11.6 Å². The number of carboxylic acids is 1. The van der Waals surface area contributed by atoms with Gasteiger partial charge in [0.15, 0.2) is 0 Å². The minimum atomic E-state index is -0.801. The van der Waals surface area contributed by atoms with Gasteiger partial charge in [0.1, 0.15) is 0 Å². The normalized spacial score (nSPS) is 20.2. The Balaban J connectivity index is 2.64. The van der Waals surface area contributed by atoms with Gasteiger partial charge in [0.05, 0.1) is 5.92 Å². The van der Waals surface area contributed by atoms with Crippen LogP contribution >= 0.6 is 0 Å². The highest BCUT2D eigenvalue weighted by Crippen LogP contribution is 2.21. The van der Waals surface area contributed by atoms with Crippen molar-refractivity contribution in [2.45, 2.75) is 58.4 Å². The highest BCUT2D eigenvalue weighted by molar-refractivity contribution is 5.77. The van der Waals surface area contributed by atoms with E-state index in [9.17, 15) is 9.59 Å². The lowest BCUT2D eigenvalue weighted by molar-refractivity contribution is -0.143. The number of hydrogen-bond donors (Lipinski definition) is 2. The number of piperidine rings is 1. The van der Waals surface area contributed by atoms with Gasteiger partial charge in [-0.25, -0.2) is 4.79 Å². The van der Waals surface area contributed by atoms with Gasteiger partial charge in [-0.05, 0) is 32.1 Å². The lowest BCUT2D eigenvalue weighted by Crippen LogP contribution is -2.55. The van der Waals surface area contributed by atoms with Crippen molar-refractivity contribution in [1.29, 1.82) is 0 Å². The molecule has 0 aromatic rings. The Morgan fingerprint density at radius 3 is 2.32 bits per heavy atom. The van der Waals surface area contributed by atoms with Gasteiger partial charge in [-0.1, -0.05) is 20.8 Å². The van der Waals surface area contributed by atoms with Crippen molar-refractivity contribution in [1.82, 2.24) is 10.2 Å². The highest BCUT2D eigenvalue weighted by Gasteiger charge is 2.32. The zero-order valence-corrected chi connectivity index (χ0v) is 12.2. The Hall–Kier alpha value is -1.26. The second-order valence-corrected chi connectivity index (χ2v) is 5.39. The summed E-state index contributed by atoms with van der Waals surface area (Å²) in [5.41, 5.74) is -0.159. The van der Waals surface area contributed by atoms with Gasteiger partial charge in [0, 0.05) is 18.6 Å². The van der Waals surface area contributed by atoms with E-state index >= 15 is 0 Å². The third-order valence-corrected chi connectivity index (χ3v) is 4.46. The molecule has 110 valence electrons. The van der Waals surface area contributed by atoms with Crippen LogP contribution in [0.5, 0.6) is 0 Å². The molecule has 0 bridgehead atoms. The highest BCUT2D eigenvalue weighted by atomic mass is 16.4. The maximum Gasteiger partial charge on any atom is 0.317 e. The van der Waals surface area contributed by atoms with Gasteiger partial charge in [-0.3, -0.25) is 4.79 Å². The van der Waals surface area contributed by atoms with E-state index in [1.165, 1.54) is 0 Å². The van der Waals surface area contributed by atoms with Gasteiger partial charge in [0.2, 0.25) is 0 Å². The Morgan fingerprint density at radius 2 is 1.84 bits per heavy atom. The molecule has 5 nitrogen and oxygen atoms in total. The quantitative estimate of drug-likeness (QED) is 0.806. The van der Waals surface area contributed by atoms with Crippen LogP contribution in [0.4, 0.5) is 4.79 Å². The molecule has 1 aliphatic rings. The fourth-order valence-electron chi connectivity index (χ4n) is 2.68. The molecule has 1 atom stereocenters. The summed E-state index contributed by atoms with van der Waals surface area (Å²) in [4.78, 5) is 24.9. The van der Waals surface area contributed by atoms with Crippen LogP contribution in [-0.4, -0.2) is 40.6 Å². The fourth-order valence-corrected chi connectivity index (χ4v) is 2.68. The Morgan fingerprint density at radius 1 is 1.26 bits per heavy atom. The average molecular weight is 270 g/mol. The van der Waals surface area contributed by atoms with Crippen LogP contribution in [0.3, 0.4) is 0 Å². The van der Waals surface area contributed by atoms with E-state index in [0.29, 0.717) is 19.5 Å². The Kier molecular flexibility index (Phi) is 5.63. The smallest absolute Gasteiger partial charge is 0.317 e. The number of aliphatic carboxylic acids is 1. The van der Waals surface area contributed by atoms with Crippen LogP contribution in [0.15, 0.2) is 0 Å². The number of likely N-dealkylation sites (tertiary alicyclic amines) is 1. The average Bonchev–Trinajstić information content (AvgIpc) is 2.45. The van der Waals surface area contributed by atoms with Crippen molar-refractivity contribution in [3.63, 3.8) is 0 Å². The second kappa shape index (κ2) is 6.78. The van der Waals surface area contributed by atoms with Crippen LogP contribution < -0.4 is 5.32 Å². The van der Waals surface area contributed by atoms with E-state index in [1.807, 2.05) is 0 Å². The molecular formula is C14H26N2O3. The molecule has 0 aromatic heterocycles. The molecule has 1 fully saturated rings. The van der Waals surface area contributed by atoms with E-state index in [1.54, 1.807) is 4.90 Å². The molecule has 1 saturated heterocycles. The lowest BCUT2D eigenvalue weighted by Gasteiger charge is -2.37. The number of carboxylic acid groups (broad SMARTS) is 1. The van der Waals surface area contributed by atoms with E-state index in [0.717, 1.165) is 25.7 Å².